The molecular formula is C13H11N5O2S. The average molecular weight is 301 g/mol. The summed E-state index contributed by atoms with van der Waals surface area (Å²) >= 11 is 1.61. The quantitative estimate of drug-likeness (QED) is 0.770. The van der Waals surface area contributed by atoms with Crippen LogP contribution in [0.1, 0.15) is 16.5 Å². The van der Waals surface area contributed by atoms with E-state index in [4.69, 9.17) is 0 Å². The number of hydrogen-bond donors (Lipinski definition) is 1. The van der Waals surface area contributed by atoms with Gasteiger partial charge in [-0.25, -0.2) is 9.78 Å². The number of fused-ring (bicyclic) bond motifs is 2. The highest BCUT2D eigenvalue weighted by atomic mass is 32.1. The molecule has 1 aliphatic heterocycles. The molecule has 106 valence electrons. The molecule has 0 saturated heterocycles. The van der Waals surface area contributed by atoms with Gasteiger partial charge in [0.2, 0.25) is 5.65 Å². The third-order valence-electron chi connectivity index (χ3n) is 3.67. The zero-order valence-corrected chi connectivity index (χ0v) is 11.7. The lowest BCUT2D eigenvalue weighted by atomic mass is 10.00. The van der Waals surface area contributed by atoms with E-state index in [9.17, 15) is 9.90 Å². The van der Waals surface area contributed by atoms with Gasteiger partial charge in [0.25, 0.3) is 0 Å². The van der Waals surface area contributed by atoms with Crippen LogP contribution in [0.2, 0.25) is 0 Å². The van der Waals surface area contributed by atoms with Crippen LogP contribution in [0.25, 0.3) is 5.65 Å². The van der Waals surface area contributed by atoms with Gasteiger partial charge in [0, 0.05) is 23.8 Å². The van der Waals surface area contributed by atoms with Gasteiger partial charge in [-0.05, 0) is 23.4 Å². The molecule has 8 heteroatoms. The number of rotatable bonds is 2. The SMILES string of the molecule is O=C(O)C1c2ccsc2CCN1c1nccn2cnnc12. The molecule has 1 atom stereocenters. The lowest BCUT2D eigenvalue weighted by Crippen LogP contribution is -2.40. The molecule has 7 nitrogen and oxygen atoms in total. The number of nitrogens with zero attached hydrogens (tertiary/aromatic N) is 5. The minimum atomic E-state index is -0.877. The second kappa shape index (κ2) is 4.52. The Bertz CT molecular complexity index is 827. The van der Waals surface area contributed by atoms with E-state index >= 15 is 0 Å². The van der Waals surface area contributed by atoms with E-state index in [1.54, 1.807) is 39.4 Å². The summed E-state index contributed by atoms with van der Waals surface area (Å²) in [7, 11) is 0. The number of thiophene rings is 1. The second-order valence-corrected chi connectivity index (χ2v) is 5.80. The first-order chi connectivity index (χ1) is 10.3. The van der Waals surface area contributed by atoms with E-state index in [1.807, 2.05) is 11.4 Å². The summed E-state index contributed by atoms with van der Waals surface area (Å²) in [4.78, 5) is 19.0. The highest BCUT2D eigenvalue weighted by molar-refractivity contribution is 7.10. The fourth-order valence-corrected chi connectivity index (χ4v) is 3.66. The topological polar surface area (TPSA) is 83.6 Å². The van der Waals surface area contributed by atoms with Crippen molar-refractivity contribution in [3.63, 3.8) is 0 Å². The first-order valence-corrected chi connectivity index (χ1v) is 7.34. The van der Waals surface area contributed by atoms with E-state index in [0.717, 1.165) is 16.9 Å². The van der Waals surface area contributed by atoms with Crippen LogP contribution in [0.15, 0.2) is 30.2 Å². The summed E-state index contributed by atoms with van der Waals surface area (Å²) in [6.45, 7) is 0.601. The predicted octanol–water partition coefficient (Wildman–Crippen LogP) is 1.37. The standard InChI is InChI=1S/C13H11N5O2S/c19-13(20)10-8-2-6-21-9(8)1-4-18(10)11-12-16-15-7-17(12)5-3-14-11/h2-3,5-7,10H,1,4H2,(H,19,20). The van der Waals surface area contributed by atoms with E-state index in [2.05, 4.69) is 15.2 Å². The molecule has 0 radical (unpaired) electrons. The van der Waals surface area contributed by atoms with Crippen molar-refractivity contribution in [2.75, 3.05) is 11.4 Å². The average Bonchev–Trinajstić information content (AvgIpc) is 3.13. The van der Waals surface area contributed by atoms with Crippen LogP contribution in [0.3, 0.4) is 0 Å². The maximum absolute atomic E-state index is 11.8. The van der Waals surface area contributed by atoms with Crippen LogP contribution < -0.4 is 4.90 Å². The van der Waals surface area contributed by atoms with Crippen LogP contribution in [-0.2, 0) is 11.2 Å². The predicted molar refractivity (Wildman–Crippen MR) is 76.5 cm³/mol. The normalized spacial score (nSPS) is 17.9. The van der Waals surface area contributed by atoms with Gasteiger partial charge in [0.1, 0.15) is 6.33 Å². The third-order valence-corrected chi connectivity index (χ3v) is 4.67. The summed E-state index contributed by atoms with van der Waals surface area (Å²) in [5.74, 6) is -0.322. The third kappa shape index (κ3) is 1.79. The summed E-state index contributed by atoms with van der Waals surface area (Å²) in [6.07, 6.45) is 5.77. The van der Waals surface area contributed by atoms with Crippen molar-refractivity contribution in [3.05, 3.63) is 40.6 Å². The molecular weight excluding hydrogens is 290 g/mol. The highest BCUT2D eigenvalue weighted by Crippen LogP contribution is 2.36. The number of hydrogen-bond acceptors (Lipinski definition) is 6. The molecule has 4 rings (SSSR count). The Kier molecular flexibility index (Phi) is 2.64. The van der Waals surface area contributed by atoms with Crippen LogP contribution >= 0.6 is 11.3 Å². The zero-order valence-electron chi connectivity index (χ0n) is 10.9. The van der Waals surface area contributed by atoms with Crippen LogP contribution in [0.4, 0.5) is 5.82 Å². The number of carbonyl (C=O) groups is 1. The molecule has 3 aromatic rings. The Morgan fingerprint density at radius 3 is 3.24 bits per heavy atom. The lowest BCUT2D eigenvalue weighted by Gasteiger charge is -2.33. The van der Waals surface area contributed by atoms with Gasteiger partial charge in [-0.1, -0.05) is 0 Å². The largest absolute Gasteiger partial charge is 0.479 e. The fourth-order valence-electron chi connectivity index (χ4n) is 2.76. The Morgan fingerprint density at radius 2 is 2.38 bits per heavy atom. The molecule has 0 bridgehead atoms. The number of carboxylic acids is 1. The smallest absolute Gasteiger partial charge is 0.331 e. The molecule has 21 heavy (non-hydrogen) atoms. The van der Waals surface area contributed by atoms with Gasteiger partial charge in [0.05, 0.1) is 0 Å². The van der Waals surface area contributed by atoms with Crippen molar-refractivity contribution in [1.29, 1.82) is 0 Å². The Hall–Kier alpha value is -2.48. The van der Waals surface area contributed by atoms with Gasteiger partial charge in [-0.2, -0.15) is 0 Å². The van der Waals surface area contributed by atoms with Crippen molar-refractivity contribution in [3.8, 4) is 0 Å². The number of anilines is 1. The molecule has 1 unspecified atom stereocenters. The summed E-state index contributed by atoms with van der Waals surface area (Å²) in [5, 5.41) is 19.5. The fraction of sp³-hybridized carbons (Fsp3) is 0.231. The van der Waals surface area contributed by atoms with E-state index in [0.29, 0.717) is 18.0 Å². The van der Waals surface area contributed by atoms with Crippen LogP contribution in [-0.4, -0.2) is 37.2 Å². The van der Waals surface area contributed by atoms with E-state index in [1.165, 1.54) is 0 Å². The van der Waals surface area contributed by atoms with Crippen molar-refractivity contribution in [2.45, 2.75) is 12.5 Å². The molecule has 3 aromatic heterocycles. The van der Waals surface area contributed by atoms with Crippen molar-refractivity contribution in [1.82, 2.24) is 19.6 Å². The lowest BCUT2D eigenvalue weighted by molar-refractivity contribution is -0.138. The van der Waals surface area contributed by atoms with Gasteiger partial charge >= 0.3 is 5.97 Å². The maximum atomic E-state index is 11.8. The molecule has 0 aromatic carbocycles. The first kappa shape index (κ1) is 12.3. The highest BCUT2D eigenvalue weighted by Gasteiger charge is 2.35. The molecule has 0 saturated carbocycles. The second-order valence-electron chi connectivity index (χ2n) is 4.80. The van der Waals surface area contributed by atoms with Gasteiger partial charge in [-0.15, -0.1) is 21.5 Å². The van der Waals surface area contributed by atoms with E-state index < -0.39 is 12.0 Å². The first-order valence-electron chi connectivity index (χ1n) is 6.46. The van der Waals surface area contributed by atoms with Crippen molar-refractivity contribution in [2.24, 2.45) is 0 Å². The molecule has 0 fully saturated rings. The van der Waals surface area contributed by atoms with E-state index in [-0.39, 0.29) is 0 Å². The number of aromatic nitrogens is 4. The molecule has 1 N–H and O–H groups in total. The Morgan fingerprint density at radius 1 is 1.48 bits per heavy atom. The van der Waals surface area contributed by atoms with Crippen LogP contribution in [0, 0.1) is 0 Å². The minimum Gasteiger partial charge on any atom is -0.479 e. The number of aliphatic carboxylic acids is 1. The van der Waals surface area contributed by atoms with Crippen molar-refractivity contribution < 1.29 is 9.90 Å². The monoisotopic (exact) mass is 301 g/mol. The number of carboxylic acid groups (broad SMARTS) is 1. The molecule has 0 aliphatic carbocycles. The van der Waals surface area contributed by atoms with Crippen molar-refractivity contribution >= 4 is 28.8 Å². The maximum Gasteiger partial charge on any atom is 0.331 e. The van der Waals surface area contributed by atoms with Gasteiger partial charge < -0.3 is 10.0 Å². The molecule has 0 spiro atoms. The van der Waals surface area contributed by atoms with Gasteiger partial charge in [0.15, 0.2) is 11.9 Å². The Balaban J connectivity index is 1.88. The molecule has 4 heterocycles. The van der Waals surface area contributed by atoms with Gasteiger partial charge in [-0.3, -0.25) is 4.40 Å². The zero-order chi connectivity index (χ0) is 14.4. The minimum absolute atomic E-state index is 0.555. The molecule has 1 aliphatic rings. The molecule has 0 amide bonds. The summed E-state index contributed by atoms with van der Waals surface area (Å²) in [5.41, 5.74) is 1.42. The summed E-state index contributed by atoms with van der Waals surface area (Å²) in [6, 6.07) is 1.16. The summed E-state index contributed by atoms with van der Waals surface area (Å²) < 4.78 is 1.74. The Labute approximate surface area is 123 Å². The van der Waals surface area contributed by atoms with Crippen LogP contribution in [0.5, 0.6) is 0 Å².